The van der Waals surface area contributed by atoms with Gasteiger partial charge in [0.1, 0.15) is 0 Å². The van der Waals surface area contributed by atoms with Gasteiger partial charge in [0, 0.05) is 51.6 Å². The fourth-order valence-corrected chi connectivity index (χ4v) is 5.84. The summed E-state index contributed by atoms with van der Waals surface area (Å²) in [5.41, 5.74) is 2.02. The van der Waals surface area contributed by atoms with E-state index in [1.54, 1.807) is 11.3 Å². The smallest absolute Gasteiger partial charge is 0.241 e. The van der Waals surface area contributed by atoms with Gasteiger partial charge in [0.05, 0.1) is 5.41 Å². The first-order chi connectivity index (χ1) is 15.5. The SMILES string of the molecule is Cc1ccccc1[C@]1(CC(=O)N2CCN(Cc3ccsc3)CC2)CC(=O)N(C2CC2)C1=O. The maximum Gasteiger partial charge on any atom is 0.241 e. The summed E-state index contributed by atoms with van der Waals surface area (Å²) in [7, 11) is 0. The van der Waals surface area contributed by atoms with Gasteiger partial charge in [-0.15, -0.1) is 0 Å². The van der Waals surface area contributed by atoms with Crippen LogP contribution in [-0.4, -0.2) is 64.6 Å². The fraction of sp³-hybridized carbons (Fsp3) is 0.480. The van der Waals surface area contributed by atoms with Crippen LogP contribution in [0.4, 0.5) is 0 Å². The van der Waals surface area contributed by atoms with E-state index in [0.717, 1.165) is 43.6 Å². The van der Waals surface area contributed by atoms with Gasteiger partial charge in [-0.05, 0) is 53.3 Å². The molecule has 0 unspecified atom stereocenters. The highest BCUT2D eigenvalue weighted by Gasteiger charge is 2.57. The van der Waals surface area contributed by atoms with Crippen molar-refractivity contribution in [2.24, 2.45) is 0 Å². The summed E-state index contributed by atoms with van der Waals surface area (Å²) in [4.78, 5) is 45.7. The maximum absolute atomic E-state index is 13.6. The number of rotatable bonds is 6. The standard InChI is InChI=1S/C25H29N3O3S/c1-18-4-2-3-5-21(18)25(15-23(30)28(24(25)31)20-6-7-20)14-22(29)27-11-9-26(10-12-27)16-19-8-13-32-17-19/h2-5,8,13,17,20H,6-7,9-12,14-16H2,1H3/t25-/m0/s1. The van der Waals surface area contributed by atoms with Gasteiger partial charge in [-0.2, -0.15) is 11.3 Å². The second-order valence-corrected chi connectivity index (χ2v) is 10.1. The van der Waals surface area contributed by atoms with E-state index < -0.39 is 5.41 Å². The number of imide groups is 1. The molecule has 168 valence electrons. The van der Waals surface area contributed by atoms with Crippen LogP contribution in [0.5, 0.6) is 0 Å². The largest absolute Gasteiger partial charge is 0.340 e. The molecule has 5 rings (SSSR count). The van der Waals surface area contributed by atoms with Gasteiger partial charge >= 0.3 is 0 Å². The van der Waals surface area contributed by atoms with Crippen LogP contribution < -0.4 is 0 Å². The molecule has 3 heterocycles. The molecule has 32 heavy (non-hydrogen) atoms. The molecule has 1 atom stereocenters. The fourth-order valence-electron chi connectivity index (χ4n) is 5.18. The summed E-state index contributed by atoms with van der Waals surface area (Å²) in [6.07, 6.45) is 1.91. The van der Waals surface area contributed by atoms with E-state index in [1.807, 2.05) is 36.1 Å². The molecule has 0 bridgehead atoms. The molecule has 0 spiro atoms. The highest BCUT2D eigenvalue weighted by Crippen LogP contribution is 2.45. The van der Waals surface area contributed by atoms with Crippen LogP contribution >= 0.6 is 11.3 Å². The van der Waals surface area contributed by atoms with Gasteiger partial charge in [0.15, 0.2) is 0 Å². The van der Waals surface area contributed by atoms with Crippen LogP contribution in [0.1, 0.15) is 42.4 Å². The molecular weight excluding hydrogens is 422 g/mol. The minimum atomic E-state index is -1.07. The van der Waals surface area contributed by atoms with E-state index in [0.29, 0.717) is 13.1 Å². The number of carbonyl (C=O) groups excluding carboxylic acids is 3. The van der Waals surface area contributed by atoms with Crippen molar-refractivity contribution in [1.82, 2.24) is 14.7 Å². The van der Waals surface area contributed by atoms with Crippen molar-refractivity contribution < 1.29 is 14.4 Å². The second kappa shape index (κ2) is 8.45. The molecule has 1 aromatic carbocycles. The van der Waals surface area contributed by atoms with Crippen LogP contribution in [0.15, 0.2) is 41.1 Å². The van der Waals surface area contributed by atoms with Crippen molar-refractivity contribution in [3.05, 3.63) is 57.8 Å². The van der Waals surface area contributed by atoms with Crippen molar-refractivity contribution in [2.45, 2.75) is 50.6 Å². The average molecular weight is 452 g/mol. The van der Waals surface area contributed by atoms with E-state index in [4.69, 9.17) is 0 Å². The monoisotopic (exact) mass is 451 g/mol. The first-order valence-electron chi connectivity index (χ1n) is 11.4. The van der Waals surface area contributed by atoms with Crippen LogP contribution in [0.2, 0.25) is 0 Å². The van der Waals surface area contributed by atoms with Crippen LogP contribution in [-0.2, 0) is 26.3 Å². The third kappa shape index (κ3) is 3.88. The Labute approximate surface area is 192 Å². The molecule has 1 aromatic heterocycles. The van der Waals surface area contributed by atoms with Gasteiger partial charge in [0.25, 0.3) is 0 Å². The topological polar surface area (TPSA) is 60.9 Å². The lowest BCUT2D eigenvalue weighted by Gasteiger charge is -2.37. The predicted molar refractivity (Wildman–Crippen MR) is 123 cm³/mol. The van der Waals surface area contributed by atoms with Crippen LogP contribution in [0.25, 0.3) is 0 Å². The third-order valence-electron chi connectivity index (χ3n) is 7.09. The van der Waals surface area contributed by atoms with E-state index in [1.165, 1.54) is 10.5 Å². The molecule has 3 aliphatic rings. The van der Waals surface area contributed by atoms with Gasteiger partial charge in [-0.1, -0.05) is 24.3 Å². The van der Waals surface area contributed by atoms with E-state index in [9.17, 15) is 14.4 Å². The maximum atomic E-state index is 13.6. The Bertz CT molecular complexity index is 1020. The molecule has 0 radical (unpaired) electrons. The minimum absolute atomic E-state index is 0.0247. The molecule has 7 heteroatoms. The number of likely N-dealkylation sites (tertiary alicyclic amines) is 1. The van der Waals surface area contributed by atoms with Crippen molar-refractivity contribution in [3.8, 4) is 0 Å². The number of piperazine rings is 1. The molecule has 1 aliphatic carbocycles. The van der Waals surface area contributed by atoms with E-state index >= 15 is 0 Å². The molecule has 2 aromatic rings. The first kappa shape index (κ1) is 21.3. The molecule has 2 aliphatic heterocycles. The zero-order valence-electron chi connectivity index (χ0n) is 18.5. The zero-order chi connectivity index (χ0) is 22.3. The molecule has 3 fully saturated rings. The summed E-state index contributed by atoms with van der Waals surface area (Å²) in [6, 6.07) is 9.88. The number of hydrogen-bond acceptors (Lipinski definition) is 5. The number of nitrogens with zero attached hydrogens (tertiary/aromatic N) is 3. The van der Waals surface area contributed by atoms with E-state index in [-0.39, 0.29) is 36.6 Å². The summed E-state index contributed by atoms with van der Waals surface area (Å²) >= 11 is 1.70. The normalized spacial score (nSPS) is 24.4. The lowest BCUT2D eigenvalue weighted by molar-refractivity contribution is -0.143. The van der Waals surface area contributed by atoms with Crippen molar-refractivity contribution >= 4 is 29.1 Å². The van der Waals surface area contributed by atoms with Gasteiger partial charge in [0.2, 0.25) is 17.7 Å². The molecule has 3 amide bonds. The number of hydrogen-bond donors (Lipinski definition) is 0. The number of benzene rings is 1. The number of amides is 3. The van der Waals surface area contributed by atoms with Gasteiger partial charge in [-0.3, -0.25) is 24.2 Å². The lowest BCUT2D eigenvalue weighted by atomic mass is 9.74. The molecule has 1 saturated carbocycles. The molecule has 0 N–H and O–H groups in total. The lowest BCUT2D eigenvalue weighted by Crippen LogP contribution is -2.50. The Balaban J connectivity index is 1.33. The van der Waals surface area contributed by atoms with E-state index in [2.05, 4.69) is 21.7 Å². The van der Waals surface area contributed by atoms with Crippen LogP contribution in [0.3, 0.4) is 0 Å². The Morgan fingerprint density at radius 2 is 1.84 bits per heavy atom. The number of carbonyl (C=O) groups is 3. The quantitative estimate of drug-likeness (QED) is 0.634. The molecular formula is C25H29N3O3S. The van der Waals surface area contributed by atoms with Crippen molar-refractivity contribution in [2.75, 3.05) is 26.2 Å². The Hall–Kier alpha value is -2.51. The predicted octanol–water partition coefficient (Wildman–Crippen LogP) is 2.95. The Morgan fingerprint density at radius 3 is 2.50 bits per heavy atom. The summed E-state index contributed by atoms with van der Waals surface area (Å²) in [5, 5.41) is 4.25. The Kier molecular flexibility index (Phi) is 5.63. The van der Waals surface area contributed by atoms with Crippen LogP contribution in [0, 0.1) is 6.92 Å². The summed E-state index contributed by atoms with van der Waals surface area (Å²) in [5.74, 6) is -0.333. The van der Waals surface area contributed by atoms with Gasteiger partial charge in [-0.25, -0.2) is 0 Å². The molecule has 2 saturated heterocycles. The summed E-state index contributed by atoms with van der Waals surface area (Å²) < 4.78 is 0. The number of thiophene rings is 1. The average Bonchev–Trinajstić information content (AvgIpc) is 3.41. The summed E-state index contributed by atoms with van der Waals surface area (Å²) in [6.45, 7) is 5.81. The third-order valence-corrected chi connectivity index (χ3v) is 7.82. The first-order valence-corrected chi connectivity index (χ1v) is 12.4. The molecule has 6 nitrogen and oxygen atoms in total. The van der Waals surface area contributed by atoms with Crippen molar-refractivity contribution in [3.63, 3.8) is 0 Å². The zero-order valence-corrected chi connectivity index (χ0v) is 19.3. The second-order valence-electron chi connectivity index (χ2n) is 9.34. The highest BCUT2D eigenvalue weighted by atomic mass is 32.1. The Morgan fingerprint density at radius 1 is 1.09 bits per heavy atom. The van der Waals surface area contributed by atoms with Crippen molar-refractivity contribution in [1.29, 1.82) is 0 Å². The number of aryl methyl sites for hydroxylation is 1. The van der Waals surface area contributed by atoms with Gasteiger partial charge < -0.3 is 4.90 Å². The highest BCUT2D eigenvalue weighted by molar-refractivity contribution is 7.07. The minimum Gasteiger partial charge on any atom is -0.340 e.